The van der Waals surface area contributed by atoms with E-state index >= 15 is 0 Å². The molecule has 0 bridgehead atoms. The number of halogens is 1. The highest BCUT2D eigenvalue weighted by Gasteiger charge is 1.96. The largest absolute Gasteiger partial charge is 1.00 e. The van der Waals surface area contributed by atoms with Crippen LogP contribution >= 0.6 is 0 Å². The molecule has 0 radical (unpaired) electrons. The molecule has 18 heavy (non-hydrogen) atoms. The van der Waals surface area contributed by atoms with Crippen molar-refractivity contribution in [3.63, 3.8) is 0 Å². The van der Waals surface area contributed by atoms with Crippen LogP contribution in [-0.2, 0) is 0 Å². The van der Waals surface area contributed by atoms with Crippen LogP contribution < -0.4 is 29.3 Å². The molecule has 0 saturated carbocycles. The standard InChI is InChI=1S/C12H11N.HI.NO3/c1-3-7-11(8-4-1)13-12-9-5-2-6-10-12;;2-1(3)4/h1-10,13H;1H;/q;;-1. The van der Waals surface area contributed by atoms with Crippen molar-refractivity contribution in [1.29, 1.82) is 0 Å². The molecule has 2 aromatic rings. The third-order valence-electron chi connectivity index (χ3n) is 1.93. The lowest BCUT2D eigenvalue weighted by atomic mass is 10.3. The molecule has 5 nitrogen and oxygen atoms in total. The van der Waals surface area contributed by atoms with Gasteiger partial charge in [0.15, 0.2) is 0 Å². The Labute approximate surface area is 122 Å². The summed E-state index contributed by atoms with van der Waals surface area (Å²) < 4.78 is 0. The Hall–Kier alpha value is -1.67. The number of quaternary nitrogens is 1. The van der Waals surface area contributed by atoms with Gasteiger partial charge in [0.05, 0.1) is 5.09 Å². The van der Waals surface area contributed by atoms with Gasteiger partial charge in [0.25, 0.3) is 0 Å². The van der Waals surface area contributed by atoms with Gasteiger partial charge in [-0.15, -0.1) is 0 Å². The summed E-state index contributed by atoms with van der Waals surface area (Å²) in [5.74, 6) is 0. The number of nitrogens with two attached hydrogens (primary N) is 1. The van der Waals surface area contributed by atoms with E-state index in [1.165, 1.54) is 11.4 Å². The molecule has 2 rings (SSSR count). The van der Waals surface area contributed by atoms with Crippen molar-refractivity contribution in [1.82, 2.24) is 0 Å². The first-order valence-corrected chi connectivity index (χ1v) is 4.95. The molecule has 0 aliphatic heterocycles. The van der Waals surface area contributed by atoms with Gasteiger partial charge >= 0.3 is 0 Å². The van der Waals surface area contributed by atoms with Gasteiger partial charge in [-0.05, 0) is 24.3 Å². The quantitative estimate of drug-likeness (QED) is 0.323. The first kappa shape index (κ1) is 16.3. The van der Waals surface area contributed by atoms with Crippen LogP contribution in [0.1, 0.15) is 0 Å². The SMILES string of the molecule is O=[N+]([O-])[O-].[I-].c1ccc([NH2+]c2ccccc2)cc1. The Morgan fingerprint density at radius 3 is 1.33 bits per heavy atom. The zero-order chi connectivity index (χ0) is 12.5. The van der Waals surface area contributed by atoms with Crippen LogP contribution in [0.2, 0.25) is 0 Å². The van der Waals surface area contributed by atoms with Gasteiger partial charge in [-0.25, -0.2) is 0 Å². The number of rotatable bonds is 2. The predicted molar refractivity (Wildman–Crippen MR) is 64.5 cm³/mol. The minimum absolute atomic E-state index is 0. The summed E-state index contributed by atoms with van der Waals surface area (Å²) in [5, 5.41) is 16.9. The molecular formula is C12H12IN2O3-. The normalized spacial score (nSPS) is 8.44. The van der Waals surface area contributed by atoms with E-state index in [0.717, 1.165) is 0 Å². The highest BCUT2D eigenvalue weighted by Crippen LogP contribution is 2.02. The Morgan fingerprint density at radius 1 is 0.778 bits per heavy atom. The fourth-order valence-electron chi connectivity index (χ4n) is 1.29. The zero-order valence-electron chi connectivity index (χ0n) is 9.40. The monoisotopic (exact) mass is 359 g/mol. The van der Waals surface area contributed by atoms with Gasteiger partial charge in [-0.3, -0.25) is 5.32 Å². The number of benzene rings is 2. The molecule has 0 fully saturated rings. The number of nitrogens with zero attached hydrogens (tertiary/aromatic N) is 1. The fourth-order valence-corrected chi connectivity index (χ4v) is 1.29. The number of hydrogen-bond donors (Lipinski definition) is 1. The van der Waals surface area contributed by atoms with E-state index in [1.54, 1.807) is 0 Å². The lowest BCUT2D eigenvalue weighted by molar-refractivity contribution is -0.478. The van der Waals surface area contributed by atoms with Crippen LogP contribution in [0, 0.1) is 15.3 Å². The Morgan fingerprint density at radius 2 is 1.06 bits per heavy atom. The average molecular weight is 359 g/mol. The first-order valence-electron chi connectivity index (χ1n) is 4.95. The van der Waals surface area contributed by atoms with Crippen molar-refractivity contribution in [2.75, 3.05) is 0 Å². The maximum absolute atomic E-state index is 8.25. The summed E-state index contributed by atoms with van der Waals surface area (Å²) in [5.41, 5.74) is 2.49. The summed E-state index contributed by atoms with van der Waals surface area (Å²) in [7, 11) is 0. The number of hydrogen-bond acceptors (Lipinski definition) is 3. The van der Waals surface area contributed by atoms with E-state index in [4.69, 9.17) is 15.3 Å². The second kappa shape index (κ2) is 9.37. The molecule has 0 heterocycles. The molecule has 0 aromatic heterocycles. The van der Waals surface area contributed by atoms with Crippen LogP contribution in [0.4, 0.5) is 11.4 Å². The van der Waals surface area contributed by atoms with E-state index in [0.29, 0.717) is 0 Å². The molecule has 96 valence electrons. The van der Waals surface area contributed by atoms with Crippen molar-refractivity contribution in [2.24, 2.45) is 0 Å². The smallest absolute Gasteiger partial charge is 0.134 e. The van der Waals surface area contributed by atoms with Gasteiger partial charge in [-0.1, -0.05) is 36.4 Å². The molecule has 0 amide bonds. The molecule has 6 heteroatoms. The van der Waals surface area contributed by atoms with Crippen LogP contribution in [0.5, 0.6) is 0 Å². The summed E-state index contributed by atoms with van der Waals surface area (Å²) in [6, 6.07) is 20.7. The average Bonchev–Trinajstić information content (AvgIpc) is 2.31. The van der Waals surface area contributed by atoms with Crippen LogP contribution in [0.25, 0.3) is 0 Å². The predicted octanol–water partition coefficient (Wildman–Crippen LogP) is -1.02. The lowest BCUT2D eigenvalue weighted by Gasteiger charge is -1.98. The van der Waals surface area contributed by atoms with Gasteiger partial charge in [-0.2, -0.15) is 0 Å². The highest BCUT2D eigenvalue weighted by atomic mass is 127. The topological polar surface area (TPSA) is 82.8 Å². The van der Waals surface area contributed by atoms with Gasteiger partial charge < -0.3 is 39.3 Å². The van der Waals surface area contributed by atoms with Crippen LogP contribution in [-0.4, -0.2) is 5.09 Å². The summed E-state index contributed by atoms with van der Waals surface area (Å²) in [4.78, 5) is 8.25. The van der Waals surface area contributed by atoms with Crippen molar-refractivity contribution in [3.8, 4) is 0 Å². The first-order chi connectivity index (χ1) is 8.18. The van der Waals surface area contributed by atoms with Crippen LogP contribution in [0.15, 0.2) is 60.7 Å². The zero-order valence-corrected chi connectivity index (χ0v) is 11.6. The lowest BCUT2D eigenvalue weighted by Crippen LogP contribution is -3.00. The summed E-state index contributed by atoms with van der Waals surface area (Å²) in [6.07, 6.45) is 0. The minimum Gasteiger partial charge on any atom is -1.00 e. The maximum Gasteiger partial charge on any atom is 0.134 e. The third kappa shape index (κ3) is 7.58. The molecule has 0 aliphatic carbocycles. The van der Waals surface area contributed by atoms with Crippen LogP contribution in [0.3, 0.4) is 0 Å². The number of para-hydroxylation sites is 2. The van der Waals surface area contributed by atoms with Crippen molar-refractivity contribution in [2.45, 2.75) is 0 Å². The second-order valence-corrected chi connectivity index (χ2v) is 3.19. The van der Waals surface area contributed by atoms with Crippen molar-refractivity contribution >= 4 is 11.4 Å². The fraction of sp³-hybridized carbons (Fsp3) is 0. The highest BCUT2D eigenvalue weighted by molar-refractivity contribution is 5.35. The molecule has 2 aromatic carbocycles. The van der Waals surface area contributed by atoms with Gasteiger partial charge in [0.2, 0.25) is 0 Å². The molecule has 2 N–H and O–H groups in total. The molecule has 0 saturated heterocycles. The molecular weight excluding hydrogens is 347 g/mol. The van der Waals surface area contributed by atoms with E-state index in [9.17, 15) is 0 Å². The summed E-state index contributed by atoms with van der Waals surface area (Å²) in [6.45, 7) is 0. The third-order valence-corrected chi connectivity index (χ3v) is 1.93. The van der Waals surface area contributed by atoms with Crippen molar-refractivity contribution in [3.05, 3.63) is 76.0 Å². The molecule has 0 spiro atoms. The maximum atomic E-state index is 8.25. The van der Waals surface area contributed by atoms with Crippen molar-refractivity contribution < 1.29 is 34.4 Å². The van der Waals surface area contributed by atoms with Gasteiger partial charge in [0.1, 0.15) is 11.4 Å². The van der Waals surface area contributed by atoms with E-state index in [1.807, 2.05) is 12.1 Å². The molecule has 0 unspecified atom stereocenters. The van der Waals surface area contributed by atoms with E-state index < -0.39 is 5.09 Å². The van der Waals surface area contributed by atoms with E-state index in [2.05, 4.69) is 53.8 Å². The molecule has 0 aliphatic rings. The Balaban J connectivity index is 0.000000512. The Bertz CT molecular complexity index is 410. The van der Waals surface area contributed by atoms with Gasteiger partial charge in [0, 0.05) is 0 Å². The second-order valence-electron chi connectivity index (χ2n) is 3.19. The summed E-state index contributed by atoms with van der Waals surface area (Å²) >= 11 is 0. The van der Waals surface area contributed by atoms with E-state index in [-0.39, 0.29) is 24.0 Å². The minimum atomic E-state index is -1.75. The Kier molecular flexibility index (Phi) is 8.50. The molecule has 0 atom stereocenters.